The SMILES string of the molecule is CN[C@H](C(=O)NC(C(=O)N(C)[C@H](C=C(C)C(=O)O)C(C)C)C(C)(C)C)C(C)(C)c1cccc(C)c1. The van der Waals surface area contributed by atoms with E-state index in [0.29, 0.717) is 0 Å². The Labute approximate surface area is 211 Å². The van der Waals surface area contributed by atoms with Gasteiger partial charge in [-0.1, -0.05) is 84.4 Å². The summed E-state index contributed by atoms with van der Waals surface area (Å²) in [4.78, 5) is 40.3. The van der Waals surface area contributed by atoms with Gasteiger partial charge >= 0.3 is 5.97 Å². The monoisotopic (exact) mass is 487 g/mol. The lowest BCUT2D eigenvalue weighted by atomic mass is 9.76. The predicted octanol–water partition coefficient (Wildman–Crippen LogP) is 3.91. The summed E-state index contributed by atoms with van der Waals surface area (Å²) in [5.41, 5.74) is 1.20. The van der Waals surface area contributed by atoms with E-state index in [2.05, 4.69) is 16.7 Å². The van der Waals surface area contributed by atoms with E-state index >= 15 is 0 Å². The van der Waals surface area contributed by atoms with Crippen molar-refractivity contribution in [3.63, 3.8) is 0 Å². The molecule has 7 nitrogen and oxygen atoms in total. The van der Waals surface area contributed by atoms with Crippen LogP contribution in [0.2, 0.25) is 0 Å². The van der Waals surface area contributed by atoms with Crippen molar-refractivity contribution < 1.29 is 19.5 Å². The van der Waals surface area contributed by atoms with Gasteiger partial charge in [0.05, 0.1) is 12.1 Å². The van der Waals surface area contributed by atoms with Gasteiger partial charge in [0.25, 0.3) is 0 Å². The van der Waals surface area contributed by atoms with E-state index in [0.717, 1.165) is 11.1 Å². The summed E-state index contributed by atoms with van der Waals surface area (Å²) in [5.74, 6) is -1.56. The highest BCUT2D eigenvalue weighted by Gasteiger charge is 2.41. The first-order valence-corrected chi connectivity index (χ1v) is 12.2. The Morgan fingerprint density at radius 1 is 1.06 bits per heavy atom. The van der Waals surface area contributed by atoms with Gasteiger partial charge < -0.3 is 20.6 Å². The first-order chi connectivity index (χ1) is 15.9. The molecule has 1 rings (SSSR count). The van der Waals surface area contributed by atoms with Gasteiger partial charge in [0, 0.05) is 18.0 Å². The highest BCUT2D eigenvalue weighted by molar-refractivity contribution is 5.91. The molecule has 0 saturated carbocycles. The van der Waals surface area contributed by atoms with Gasteiger partial charge in [-0.3, -0.25) is 9.59 Å². The molecule has 0 aliphatic heterocycles. The molecule has 0 aromatic heterocycles. The van der Waals surface area contributed by atoms with E-state index in [9.17, 15) is 19.5 Å². The number of likely N-dealkylation sites (N-methyl/N-ethyl adjacent to an activating group) is 2. The molecule has 0 saturated heterocycles. The fourth-order valence-electron chi connectivity index (χ4n) is 4.34. The number of nitrogens with zero attached hydrogens (tertiary/aromatic N) is 1. The van der Waals surface area contributed by atoms with E-state index in [1.807, 2.05) is 73.6 Å². The van der Waals surface area contributed by atoms with Gasteiger partial charge in [-0.2, -0.15) is 0 Å². The standard InChI is InChI=1S/C28H45N3O4/c1-17(2)21(16-19(4)26(34)35)31(11)25(33)23(27(5,6)7)30-24(32)22(29-10)28(8,9)20-14-12-13-18(3)15-20/h12-17,21-23,29H,1-11H3,(H,30,32)(H,34,35)/t21-,22-,23?/m1/s1. The summed E-state index contributed by atoms with van der Waals surface area (Å²) >= 11 is 0. The van der Waals surface area contributed by atoms with Crippen LogP contribution in [-0.4, -0.2) is 60.0 Å². The third-order valence-electron chi connectivity index (χ3n) is 6.67. The number of carboxylic acid groups (broad SMARTS) is 1. The smallest absolute Gasteiger partial charge is 0.331 e. The number of aryl methyl sites for hydroxylation is 1. The number of hydrogen-bond acceptors (Lipinski definition) is 4. The number of aliphatic carboxylic acids is 1. The molecule has 0 aliphatic carbocycles. The van der Waals surface area contributed by atoms with Crippen molar-refractivity contribution in [2.45, 2.75) is 85.9 Å². The molecule has 0 radical (unpaired) electrons. The average molecular weight is 488 g/mol. The molecule has 2 amide bonds. The van der Waals surface area contributed by atoms with Gasteiger partial charge in [0.1, 0.15) is 6.04 Å². The second-order valence-corrected chi connectivity index (χ2v) is 11.5. The van der Waals surface area contributed by atoms with Crippen molar-refractivity contribution in [1.82, 2.24) is 15.5 Å². The Kier molecular flexibility index (Phi) is 10.3. The molecule has 0 heterocycles. The molecule has 1 unspecified atom stereocenters. The minimum absolute atomic E-state index is 0.0140. The molecule has 7 heteroatoms. The Balaban J connectivity index is 3.32. The minimum Gasteiger partial charge on any atom is -0.478 e. The second kappa shape index (κ2) is 11.8. The van der Waals surface area contributed by atoms with Crippen LogP contribution in [0.3, 0.4) is 0 Å². The van der Waals surface area contributed by atoms with Crippen LogP contribution in [-0.2, 0) is 19.8 Å². The zero-order valence-electron chi connectivity index (χ0n) is 23.3. The normalized spacial score (nSPS) is 15.4. The number of amides is 2. The Morgan fingerprint density at radius 3 is 2.06 bits per heavy atom. The average Bonchev–Trinajstić information content (AvgIpc) is 2.73. The Hall–Kier alpha value is -2.67. The van der Waals surface area contributed by atoms with Crippen molar-refractivity contribution in [1.29, 1.82) is 0 Å². The van der Waals surface area contributed by atoms with Crippen LogP contribution in [0.25, 0.3) is 0 Å². The number of rotatable bonds is 10. The first-order valence-electron chi connectivity index (χ1n) is 12.2. The Bertz CT molecular complexity index is 944. The van der Waals surface area contributed by atoms with Crippen LogP contribution in [0.4, 0.5) is 0 Å². The number of benzene rings is 1. The highest BCUT2D eigenvalue weighted by Crippen LogP contribution is 2.29. The summed E-state index contributed by atoms with van der Waals surface area (Å²) in [7, 11) is 3.41. The molecule has 196 valence electrons. The van der Waals surface area contributed by atoms with Crippen molar-refractivity contribution >= 4 is 17.8 Å². The van der Waals surface area contributed by atoms with E-state index in [1.165, 1.54) is 6.92 Å². The number of carbonyl (C=O) groups is 3. The van der Waals surface area contributed by atoms with Gasteiger partial charge in [-0.25, -0.2) is 4.79 Å². The van der Waals surface area contributed by atoms with Gasteiger partial charge in [0.2, 0.25) is 11.8 Å². The van der Waals surface area contributed by atoms with Crippen LogP contribution >= 0.6 is 0 Å². The zero-order chi connectivity index (χ0) is 27.3. The van der Waals surface area contributed by atoms with Crippen molar-refractivity contribution in [2.75, 3.05) is 14.1 Å². The lowest BCUT2D eigenvalue weighted by Gasteiger charge is -2.40. The summed E-state index contributed by atoms with van der Waals surface area (Å²) < 4.78 is 0. The molecule has 1 aromatic carbocycles. The lowest BCUT2D eigenvalue weighted by molar-refractivity contribution is -0.141. The van der Waals surface area contributed by atoms with Crippen molar-refractivity contribution in [2.24, 2.45) is 11.3 Å². The molecule has 3 atom stereocenters. The third kappa shape index (κ3) is 7.66. The molecular formula is C28H45N3O4. The van der Waals surface area contributed by atoms with Crippen LogP contribution in [0, 0.1) is 18.3 Å². The fraction of sp³-hybridized carbons (Fsp3) is 0.607. The fourth-order valence-corrected chi connectivity index (χ4v) is 4.34. The van der Waals surface area contributed by atoms with Crippen LogP contribution < -0.4 is 10.6 Å². The molecule has 1 aromatic rings. The molecule has 0 spiro atoms. The molecule has 0 fully saturated rings. The molecule has 0 bridgehead atoms. The minimum atomic E-state index is -1.02. The molecular weight excluding hydrogens is 442 g/mol. The summed E-state index contributed by atoms with van der Waals surface area (Å²) in [6, 6.07) is 6.27. The van der Waals surface area contributed by atoms with Crippen molar-refractivity contribution in [3.8, 4) is 0 Å². The maximum Gasteiger partial charge on any atom is 0.331 e. The van der Waals surface area contributed by atoms with Crippen LogP contribution in [0.1, 0.15) is 66.5 Å². The predicted molar refractivity (Wildman–Crippen MR) is 141 cm³/mol. The highest BCUT2D eigenvalue weighted by atomic mass is 16.4. The topological polar surface area (TPSA) is 98.7 Å². The quantitative estimate of drug-likeness (QED) is 0.435. The summed E-state index contributed by atoms with van der Waals surface area (Å²) in [6.07, 6.45) is 1.60. The van der Waals surface area contributed by atoms with Crippen molar-refractivity contribution in [3.05, 3.63) is 47.0 Å². The van der Waals surface area contributed by atoms with Gasteiger partial charge in [-0.05, 0) is 37.8 Å². The number of hydrogen-bond donors (Lipinski definition) is 3. The van der Waals surface area contributed by atoms with E-state index in [-0.39, 0.29) is 23.3 Å². The van der Waals surface area contributed by atoms with Gasteiger partial charge in [-0.15, -0.1) is 0 Å². The second-order valence-electron chi connectivity index (χ2n) is 11.5. The van der Waals surface area contributed by atoms with E-state index in [1.54, 1.807) is 25.1 Å². The van der Waals surface area contributed by atoms with Crippen LogP contribution in [0.15, 0.2) is 35.9 Å². The lowest BCUT2D eigenvalue weighted by Crippen LogP contribution is -2.61. The van der Waals surface area contributed by atoms with E-state index in [4.69, 9.17) is 0 Å². The van der Waals surface area contributed by atoms with E-state index < -0.39 is 34.9 Å². The zero-order valence-corrected chi connectivity index (χ0v) is 23.3. The summed E-state index contributed by atoms with van der Waals surface area (Å²) in [6.45, 7) is 17.2. The summed E-state index contributed by atoms with van der Waals surface area (Å²) in [5, 5.41) is 15.5. The number of carbonyl (C=O) groups excluding carboxylic acids is 2. The molecule has 0 aliphatic rings. The number of nitrogens with one attached hydrogen (secondary N) is 2. The van der Waals surface area contributed by atoms with Crippen LogP contribution in [0.5, 0.6) is 0 Å². The first kappa shape index (κ1) is 30.4. The number of carboxylic acids is 1. The Morgan fingerprint density at radius 2 is 1.63 bits per heavy atom. The van der Waals surface area contributed by atoms with Gasteiger partial charge in [0.15, 0.2) is 0 Å². The largest absolute Gasteiger partial charge is 0.478 e. The maximum atomic E-state index is 13.7. The molecule has 3 N–H and O–H groups in total. The molecule has 35 heavy (non-hydrogen) atoms. The maximum absolute atomic E-state index is 13.7. The third-order valence-corrected chi connectivity index (χ3v) is 6.67.